The van der Waals surface area contributed by atoms with Crippen LogP contribution < -0.4 is 10.2 Å². The van der Waals surface area contributed by atoms with E-state index in [1.165, 1.54) is 18.5 Å². The summed E-state index contributed by atoms with van der Waals surface area (Å²) in [5.41, 5.74) is 1.35. The highest BCUT2D eigenvalue weighted by Crippen LogP contribution is 2.46. The van der Waals surface area contributed by atoms with Gasteiger partial charge in [0.25, 0.3) is 0 Å². The van der Waals surface area contributed by atoms with Crippen molar-refractivity contribution in [3.63, 3.8) is 0 Å². The van der Waals surface area contributed by atoms with Crippen LogP contribution >= 0.6 is 11.6 Å². The highest BCUT2D eigenvalue weighted by atomic mass is 35.5. The van der Waals surface area contributed by atoms with E-state index in [-0.39, 0.29) is 28.4 Å². The number of nitrogens with one attached hydrogen (secondary N) is 1. The quantitative estimate of drug-likeness (QED) is 0.642. The molecule has 0 saturated carbocycles. The third kappa shape index (κ3) is 4.59. The Morgan fingerprint density at radius 3 is 2.58 bits per heavy atom. The van der Waals surface area contributed by atoms with E-state index < -0.39 is 17.3 Å². The lowest BCUT2D eigenvalue weighted by Gasteiger charge is -2.39. The third-order valence-corrected chi connectivity index (χ3v) is 8.39. The first-order valence-corrected chi connectivity index (χ1v) is 13.2. The molecular formula is C27H35ClFN5O2. The number of aromatic nitrogens is 2. The van der Waals surface area contributed by atoms with Crippen LogP contribution in [0.15, 0.2) is 24.5 Å². The van der Waals surface area contributed by atoms with E-state index >= 15 is 0 Å². The molecule has 2 aromatic rings. The second-order valence-electron chi connectivity index (χ2n) is 11.5. The summed E-state index contributed by atoms with van der Waals surface area (Å²) in [5.74, 6) is 0.0377. The molecule has 1 aromatic heterocycles. The monoisotopic (exact) mass is 515 g/mol. The Labute approximate surface area is 217 Å². The Balaban J connectivity index is 1.36. The standard InChI is InChI=1S/C27H35ClFN5O2/c1-16-14-27(4,36)23-21(16)24(31-15-30-23)33-9-11-34(12-10-33)25(35)22(20-7-8-26(2,3)32-20)17-5-6-18(28)19(29)13-17/h5-6,13,15-16,20,22,32,36H,7-12,14H2,1-4H3/t16-,20+,22+,27-/m1/s1. The largest absolute Gasteiger partial charge is 0.384 e. The van der Waals surface area contributed by atoms with Gasteiger partial charge < -0.3 is 20.2 Å². The first kappa shape index (κ1) is 25.4. The van der Waals surface area contributed by atoms with Gasteiger partial charge in [-0.1, -0.05) is 24.6 Å². The van der Waals surface area contributed by atoms with Crippen molar-refractivity contribution in [2.75, 3.05) is 31.1 Å². The number of hydrogen-bond donors (Lipinski definition) is 2. The van der Waals surface area contributed by atoms with Crippen LogP contribution in [0.3, 0.4) is 0 Å². The second-order valence-corrected chi connectivity index (χ2v) is 11.9. The van der Waals surface area contributed by atoms with Crippen LogP contribution in [0.25, 0.3) is 0 Å². The van der Waals surface area contributed by atoms with Gasteiger partial charge in [-0.2, -0.15) is 0 Å². The molecule has 7 nitrogen and oxygen atoms in total. The maximum atomic E-state index is 14.4. The molecule has 3 heterocycles. The lowest BCUT2D eigenvalue weighted by molar-refractivity contribution is -0.133. The summed E-state index contributed by atoms with van der Waals surface area (Å²) >= 11 is 5.94. The molecule has 194 valence electrons. The fourth-order valence-electron chi connectivity index (χ4n) is 6.32. The molecule has 1 amide bonds. The predicted octanol–water partition coefficient (Wildman–Crippen LogP) is 3.95. The van der Waals surface area contributed by atoms with Crippen LogP contribution in [0.5, 0.6) is 0 Å². The molecule has 0 unspecified atom stereocenters. The van der Waals surface area contributed by atoms with Crippen LogP contribution in [0.4, 0.5) is 10.2 Å². The van der Waals surface area contributed by atoms with Gasteiger partial charge >= 0.3 is 0 Å². The van der Waals surface area contributed by atoms with Gasteiger partial charge in [0.1, 0.15) is 23.6 Å². The Kier molecular flexibility index (Phi) is 6.50. The van der Waals surface area contributed by atoms with Crippen molar-refractivity contribution in [2.24, 2.45) is 0 Å². The molecule has 1 aliphatic carbocycles. The van der Waals surface area contributed by atoms with E-state index in [4.69, 9.17) is 11.6 Å². The molecule has 9 heteroatoms. The van der Waals surface area contributed by atoms with Crippen LogP contribution in [-0.4, -0.2) is 63.6 Å². The van der Waals surface area contributed by atoms with Crippen molar-refractivity contribution in [2.45, 2.75) is 76.0 Å². The number of halogens is 2. The van der Waals surface area contributed by atoms with E-state index in [1.807, 2.05) is 4.90 Å². The topological polar surface area (TPSA) is 81.6 Å². The number of hydrogen-bond acceptors (Lipinski definition) is 6. The van der Waals surface area contributed by atoms with Gasteiger partial charge in [-0.3, -0.25) is 4.79 Å². The van der Waals surface area contributed by atoms with Gasteiger partial charge in [0.2, 0.25) is 5.91 Å². The minimum atomic E-state index is -0.951. The molecule has 2 saturated heterocycles. The fourth-order valence-corrected chi connectivity index (χ4v) is 6.43. The molecule has 2 N–H and O–H groups in total. The minimum absolute atomic E-state index is 0.00999. The molecular weight excluding hydrogens is 481 g/mol. The number of fused-ring (bicyclic) bond motifs is 1. The smallest absolute Gasteiger partial charge is 0.231 e. The summed E-state index contributed by atoms with van der Waals surface area (Å²) < 4.78 is 14.4. The normalized spacial score (nSPS) is 28.3. The maximum Gasteiger partial charge on any atom is 0.231 e. The van der Waals surface area contributed by atoms with Crippen LogP contribution in [-0.2, 0) is 10.4 Å². The number of anilines is 1. The van der Waals surface area contributed by atoms with Gasteiger partial charge in [0.05, 0.1) is 16.6 Å². The van der Waals surface area contributed by atoms with E-state index in [9.17, 15) is 14.3 Å². The summed E-state index contributed by atoms with van der Waals surface area (Å²) in [4.78, 5) is 27.0. The Bertz CT molecular complexity index is 1160. The van der Waals surface area contributed by atoms with Crippen LogP contribution in [0.1, 0.15) is 75.6 Å². The Morgan fingerprint density at radius 1 is 1.22 bits per heavy atom. The van der Waals surface area contributed by atoms with Crippen LogP contribution in [0, 0.1) is 5.82 Å². The molecule has 0 bridgehead atoms. The number of carbonyl (C=O) groups excluding carboxylic acids is 1. The van der Waals surface area contributed by atoms with Crippen molar-refractivity contribution in [1.82, 2.24) is 20.2 Å². The van der Waals surface area contributed by atoms with Gasteiger partial charge in [0, 0.05) is 43.3 Å². The number of aliphatic hydroxyl groups is 1. The highest BCUT2D eigenvalue weighted by molar-refractivity contribution is 6.30. The fraction of sp³-hybridized carbons (Fsp3) is 0.593. The van der Waals surface area contributed by atoms with Gasteiger partial charge in [-0.15, -0.1) is 0 Å². The van der Waals surface area contributed by atoms with Gasteiger partial charge in [-0.25, -0.2) is 14.4 Å². The number of amides is 1. The number of benzene rings is 1. The summed E-state index contributed by atoms with van der Waals surface area (Å²) in [5, 5.41) is 14.5. The molecule has 2 aliphatic heterocycles. The molecule has 0 radical (unpaired) electrons. The average Bonchev–Trinajstić information content (AvgIpc) is 3.31. The van der Waals surface area contributed by atoms with Crippen molar-refractivity contribution >= 4 is 23.3 Å². The van der Waals surface area contributed by atoms with E-state index in [0.29, 0.717) is 43.9 Å². The SMILES string of the molecule is C[C@@H]1C[C@@](C)(O)c2ncnc(N3CCN(C(=O)[C@@H](c4ccc(Cl)c(F)c4)[C@@H]4CCC(C)(C)N4)CC3)c21. The second kappa shape index (κ2) is 9.23. The zero-order valence-electron chi connectivity index (χ0n) is 21.4. The van der Waals surface area contributed by atoms with Gasteiger partial charge in [0.15, 0.2) is 0 Å². The number of piperazine rings is 1. The molecule has 4 atom stereocenters. The van der Waals surface area contributed by atoms with Crippen molar-refractivity contribution in [3.05, 3.63) is 52.2 Å². The lowest BCUT2D eigenvalue weighted by atomic mass is 9.88. The van der Waals surface area contributed by atoms with E-state index in [1.54, 1.807) is 13.0 Å². The number of rotatable bonds is 4. The summed E-state index contributed by atoms with van der Waals surface area (Å²) in [6, 6.07) is 4.65. The zero-order chi connectivity index (χ0) is 25.8. The number of nitrogens with zero attached hydrogens (tertiary/aromatic N) is 4. The van der Waals surface area contributed by atoms with Crippen molar-refractivity contribution in [1.29, 1.82) is 0 Å². The Hall–Kier alpha value is -2.29. The molecule has 0 spiro atoms. The maximum absolute atomic E-state index is 14.4. The van der Waals surface area contributed by atoms with Gasteiger partial charge in [-0.05, 0) is 63.6 Å². The number of carbonyl (C=O) groups is 1. The molecule has 3 aliphatic rings. The zero-order valence-corrected chi connectivity index (χ0v) is 22.1. The molecule has 1 aromatic carbocycles. The molecule has 2 fully saturated rings. The first-order chi connectivity index (χ1) is 17.0. The molecule has 5 rings (SSSR count). The molecule has 36 heavy (non-hydrogen) atoms. The Morgan fingerprint density at radius 2 is 1.94 bits per heavy atom. The highest BCUT2D eigenvalue weighted by Gasteiger charge is 2.43. The first-order valence-electron chi connectivity index (χ1n) is 12.8. The average molecular weight is 516 g/mol. The van der Waals surface area contributed by atoms with E-state index in [0.717, 1.165) is 24.2 Å². The van der Waals surface area contributed by atoms with Crippen molar-refractivity contribution in [3.8, 4) is 0 Å². The van der Waals surface area contributed by atoms with Crippen LogP contribution in [0.2, 0.25) is 5.02 Å². The summed E-state index contributed by atoms with van der Waals surface area (Å²) in [6.45, 7) is 10.5. The van der Waals surface area contributed by atoms with E-state index in [2.05, 4.69) is 41.0 Å². The predicted molar refractivity (Wildman–Crippen MR) is 138 cm³/mol. The summed E-state index contributed by atoms with van der Waals surface area (Å²) in [6.07, 6.45) is 3.94. The summed E-state index contributed by atoms with van der Waals surface area (Å²) in [7, 11) is 0. The minimum Gasteiger partial charge on any atom is -0.384 e. The lowest BCUT2D eigenvalue weighted by Crippen LogP contribution is -2.53. The van der Waals surface area contributed by atoms with Crippen molar-refractivity contribution < 1.29 is 14.3 Å². The third-order valence-electron chi connectivity index (χ3n) is 8.09.